The second-order valence-electron chi connectivity index (χ2n) is 6.52. The maximum atomic E-state index is 12.2. The molecule has 0 aliphatic heterocycles. The number of thiophene rings is 1. The third-order valence-electron chi connectivity index (χ3n) is 4.41. The van der Waals surface area contributed by atoms with E-state index in [4.69, 9.17) is 4.98 Å². The molecule has 0 atom stereocenters. The Morgan fingerprint density at radius 3 is 3.00 bits per heavy atom. The van der Waals surface area contributed by atoms with Gasteiger partial charge in [-0.1, -0.05) is 29.8 Å². The number of imidazole rings is 1. The highest BCUT2D eigenvalue weighted by Crippen LogP contribution is 2.29. The molecule has 0 aliphatic rings. The number of aryl methyl sites for hydroxylation is 1. The molecule has 0 aliphatic carbocycles. The first-order valence-corrected chi connectivity index (χ1v) is 10.0. The second-order valence-corrected chi connectivity index (χ2v) is 7.55. The van der Waals surface area contributed by atoms with Gasteiger partial charge in [-0.3, -0.25) is 14.2 Å². The standard InChI is InChI=1S/C21H21N5OS/c1-15-4-2-5-16(12-15)20-21(26-10-9-22-14-18(26)25-20)23-8-7-19(27)24-13-17-6-3-11-28-17/h2-6,9-12,14,23H,7-8,13H2,1H3,(H,24,27). The van der Waals surface area contributed by atoms with Gasteiger partial charge < -0.3 is 10.6 Å². The van der Waals surface area contributed by atoms with Crippen molar-refractivity contribution in [1.29, 1.82) is 0 Å². The van der Waals surface area contributed by atoms with E-state index in [0.717, 1.165) is 27.6 Å². The Bertz CT molecular complexity index is 1090. The Morgan fingerprint density at radius 1 is 1.25 bits per heavy atom. The minimum Gasteiger partial charge on any atom is -0.369 e. The number of amides is 1. The number of benzene rings is 1. The van der Waals surface area contributed by atoms with E-state index >= 15 is 0 Å². The number of nitrogens with one attached hydrogen (secondary N) is 2. The number of rotatable bonds is 7. The summed E-state index contributed by atoms with van der Waals surface area (Å²) in [5.41, 5.74) is 3.83. The number of carbonyl (C=O) groups excluding carboxylic acids is 1. The van der Waals surface area contributed by atoms with Gasteiger partial charge in [0, 0.05) is 35.8 Å². The third kappa shape index (κ3) is 4.04. The lowest BCUT2D eigenvalue weighted by Gasteiger charge is -2.09. The molecule has 0 radical (unpaired) electrons. The quantitative estimate of drug-likeness (QED) is 0.501. The number of nitrogens with zero attached hydrogens (tertiary/aromatic N) is 3. The summed E-state index contributed by atoms with van der Waals surface area (Å²) in [6, 6.07) is 12.2. The van der Waals surface area contributed by atoms with Crippen molar-refractivity contribution in [2.24, 2.45) is 0 Å². The molecule has 0 bridgehead atoms. The maximum Gasteiger partial charge on any atom is 0.222 e. The molecule has 0 fully saturated rings. The lowest BCUT2D eigenvalue weighted by molar-refractivity contribution is -0.120. The van der Waals surface area contributed by atoms with Crippen LogP contribution in [-0.2, 0) is 11.3 Å². The van der Waals surface area contributed by atoms with Crippen LogP contribution >= 0.6 is 11.3 Å². The highest BCUT2D eigenvalue weighted by molar-refractivity contribution is 7.09. The average molecular weight is 392 g/mol. The van der Waals surface area contributed by atoms with Crippen LogP contribution in [0.15, 0.2) is 60.4 Å². The van der Waals surface area contributed by atoms with Crippen LogP contribution in [0.5, 0.6) is 0 Å². The molecule has 1 amide bonds. The predicted octanol–water partition coefficient (Wildman–Crippen LogP) is 3.88. The number of hydrogen-bond acceptors (Lipinski definition) is 5. The van der Waals surface area contributed by atoms with Gasteiger partial charge in [0.2, 0.25) is 5.91 Å². The van der Waals surface area contributed by atoms with Gasteiger partial charge in [-0.25, -0.2) is 4.98 Å². The number of hydrogen-bond donors (Lipinski definition) is 2. The molecule has 6 nitrogen and oxygen atoms in total. The minimum absolute atomic E-state index is 0.0218. The summed E-state index contributed by atoms with van der Waals surface area (Å²) < 4.78 is 1.97. The smallest absolute Gasteiger partial charge is 0.222 e. The monoisotopic (exact) mass is 391 g/mol. The first kappa shape index (κ1) is 18.2. The Kier molecular flexibility index (Phi) is 5.34. The number of fused-ring (bicyclic) bond motifs is 1. The number of aromatic nitrogens is 3. The summed E-state index contributed by atoms with van der Waals surface area (Å²) >= 11 is 1.64. The molecule has 3 heterocycles. The van der Waals surface area contributed by atoms with Crippen molar-refractivity contribution < 1.29 is 4.79 Å². The lowest BCUT2D eigenvalue weighted by Crippen LogP contribution is -2.24. The van der Waals surface area contributed by atoms with Crippen LogP contribution in [0.4, 0.5) is 5.82 Å². The molecule has 0 spiro atoms. The zero-order valence-corrected chi connectivity index (χ0v) is 16.4. The second kappa shape index (κ2) is 8.22. The van der Waals surface area contributed by atoms with Crippen LogP contribution in [0.1, 0.15) is 16.9 Å². The normalized spacial score (nSPS) is 10.9. The molecule has 2 N–H and O–H groups in total. The topological polar surface area (TPSA) is 71.3 Å². The van der Waals surface area contributed by atoms with Gasteiger partial charge in [-0.05, 0) is 24.4 Å². The van der Waals surface area contributed by atoms with E-state index in [2.05, 4.69) is 34.7 Å². The van der Waals surface area contributed by atoms with E-state index in [1.54, 1.807) is 23.7 Å². The van der Waals surface area contributed by atoms with Crippen molar-refractivity contribution in [3.8, 4) is 11.3 Å². The summed E-state index contributed by atoms with van der Waals surface area (Å²) in [5.74, 6) is 0.891. The fourth-order valence-corrected chi connectivity index (χ4v) is 3.70. The molecular weight excluding hydrogens is 370 g/mol. The number of anilines is 1. The first-order valence-electron chi connectivity index (χ1n) is 9.13. The highest BCUT2D eigenvalue weighted by Gasteiger charge is 2.14. The molecule has 0 saturated heterocycles. The van der Waals surface area contributed by atoms with Crippen molar-refractivity contribution in [1.82, 2.24) is 19.7 Å². The van der Waals surface area contributed by atoms with Crippen molar-refractivity contribution in [3.05, 3.63) is 70.8 Å². The van der Waals surface area contributed by atoms with Crippen LogP contribution in [0.2, 0.25) is 0 Å². The van der Waals surface area contributed by atoms with Gasteiger partial charge in [-0.2, -0.15) is 0 Å². The fraction of sp³-hybridized carbons (Fsp3) is 0.190. The number of carbonyl (C=O) groups is 1. The molecule has 3 aromatic heterocycles. The summed E-state index contributed by atoms with van der Waals surface area (Å²) in [5, 5.41) is 8.36. The van der Waals surface area contributed by atoms with Gasteiger partial charge in [0.25, 0.3) is 0 Å². The van der Waals surface area contributed by atoms with Crippen molar-refractivity contribution in [2.75, 3.05) is 11.9 Å². The van der Waals surface area contributed by atoms with Crippen LogP contribution in [0, 0.1) is 6.92 Å². The van der Waals surface area contributed by atoms with Crippen LogP contribution < -0.4 is 10.6 Å². The van der Waals surface area contributed by atoms with Gasteiger partial charge in [0.15, 0.2) is 5.65 Å². The van der Waals surface area contributed by atoms with E-state index in [1.165, 1.54) is 5.56 Å². The first-order chi connectivity index (χ1) is 13.7. The molecule has 0 unspecified atom stereocenters. The summed E-state index contributed by atoms with van der Waals surface area (Å²) in [6.45, 7) is 3.16. The fourth-order valence-electron chi connectivity index (χ4n) is 3.05. The lowest BCUT2D eigenvalue weighted by atomic mass is 10.1. The van der Waals surface area contributed by atoms with E-state index in [1.807, 2.05) is 40.2 Å². The molecule has 142 valence electrons. The average Bonchev–Trinajstić information content (AvgIpc) is 3.34. The van der Waals surface area contributed by atoms with E-state index in [0.29, 0.717) is 19.5 Å². The van der Waals surface area contributed by atoms with Crippen LogP contribution in [-0.4, -0.2) is 26.8 Å². The maximum absolute atomic E-state index is 12.2. The summed E-state index contributed by atoms with van der Waals surface area (Å²) in [7, 11) is 0. The van der Waals surface area contributed by atoms with Gasteiger partial charge >= 0.3 is 0 Å². The molecular formula is C21H21N5OS. The molecule has 1 aromatic carbocycles. The Balaban J connectivity index is 1.48. The zero-order valence-electron chi connectivity index (χ0n) is 15.6. The molecule has 7 heteroatoms. The van der Waals surface area contributed by atoms with Gasteiger partial charge in [0.05, 0.1) is 12.7 Å². The van der Waals surface area contributed by atoms with E-state index < -0.39 is 0 Å². The van der Waals surface area contributed by atoms with Gasteiger partial charge in [-0.15, -0.1) is 11.3 Å². The minimum atomic E-state index is 0.0218. The Labute approximate surface area is 167 Å². The third-order valence-corrected chi connectivity index (χ3v) is 5.28. The SMILES string of the molecule is Cc1cccc(-c2nc3cnccn3c2NCCC(=O)NCc2cccs2)c1. The Hall–Kier alpha value is -3.19. The molecule has 28 heavy (non-hydrogen) atoms. The predicted molar refractivity (Wildman–Crippen MR) is 112 cm³/mol. The molecule has 0 saturated carbocycles. The van der Waals surface area contributed by atoms with Gasteiger partial charge in [0.1, 0.15) is 11.5 Å². The van der Waals surface area contributed by atoms with Crippen LogP contribution in [0.25, 0.3) is 16.9 Å². The van der Waals surface area contributed by atoms with Crippen molar-refractivity contribution >= 4 is 28.7 Å². The highest BCUT2D eigenvalue weighted by atomic mass is 32.1. The van der Waals surface area contributed by atoms with E-state index in [-0.39, 0.29) is 5.91 Å². The molecule has 4 rings (SSSR count). The van der Waals surface area contributed by atoms with Crippen LogP contribution in [0.3, 0.4) is 0 Å². The van der Waals surface area contributed by atoms with Crippen molar-refractivity contribution in [3.63, 3.8) is 0 Å². The largest absolute Gasteiger partial charge is 0.369 e. The Morgan fingerprint density at radius 2 is 2.18 bits per heavy atom. The molecule has 4 aromatic rings. The van der Waals surface area contributed by atoms with Crippen molar-refractivity contribution in [2.45, 2.75) is 19.9 Å². The summed E-state index contributed by atoms with van der Waals surface area (Å²) in [6.07, 6.45) is 5.73. The zero-order chi connectivity index (χ0) is 19.3. The summed E-state index contributed by atoms with van der Waals surface area (Å²) in [4.78, 5) is 22.2. The van der Waals surface area contributed by atoms with E-state index in [9.17, 15) is 4.79 Å².